The van der Waals surface area contributed by atoms with Gasteiger partial charge < -0.3 is 9.47 Å². The van der Waals surface area contributed by atoms with Gasteiger partial charge in [-0.3, -0.25) is 4.79 Å². The smallest absolute Gasteiger partial charge is 0.163 e. The molecule has 0 bridgehead atoms. The normalized spacial score (nSPS) is 28.1. The van der Waals surface area contributed by atoms with Crippen molar-refractivity contribution in [2.75, 3.05) is 6.61 Å². The van der Waals surface area contributed by atoms with Crippen LogP contribution in [0, 0.1) is 0 Å². The third kappa shape index (κ3) is 2.75. The van der Waals surface area contributed by atoms with Gasteiger partial charge in [-0.25, -0.2) is 0 Å². The van der Waals surface area contributed by atoms with Crippen molar-refractivity contribution in [3.05, 3.63) is 12.2 Å². The molecule has 1 fully saturated rings. The zero-order valence-corrected chi connectivity index (χ0v) is 7.66. The van der Waals surface area contributed by atoms with Gasteiger partial charge in [0, 0.05) is 0 Å². The molecule has 0 unspecified atom stereocenters. The molecule has 0 aromatic heterocycles. The topological polar surface area (TPSA) is 35.5 Å². The number of carbonyl (C=O) groups excluding carboxylic acids is 1. The lowest BCUT2D eigenvalue weighted by Crippen LogP contribution is -2.20. The lowest BCUT2D eigenvalue weighted by molar-refractivity contribution is -0.133. The Morgan fingerprint density at radius 2 is 2.25 bits per heavy atom. The fourth-order valence-electron chi connectivity index (χ4n) is 1.05. The molecule has 0 amide bonds. The van der Waals surface area contributed by atoms with Gasteiger partial charge in [0.15, 0.2) is 11.6 Å². The number of rotatable bonds is 2. The van der Waals surface area contributed by atoms with E-state index < -0.39 is 5.79 Å². The summed E-state index contributed by atoms with van der Waals surface area (Å²) in [5, 5.41) is 0. The van der Waals surface area contributed by atoms with Crippen LogP contribution in [-0.2, 0) is 14.3 Å². The standard InChI is InChI=1S/C9H14O3/c1-7(10)4-5-8-6-11-9(2,3)12-8/h4-5,8H,6H2,1-3H3/b5-4+/t8-/m1/s1. The zero-order chi connectivity index (χ0) is 9.19. The molecule has 0 aliphatic carbocycles. The molecule has 3 nitrogen and oxygen atoms in total. The molecular weight excluding hydrogens is 156 g/mol. The maximum absolute atomic E-state index is 10.6. The maximum Gasteiger partial charge on any atom is 0.163 e. The fourth-order valence-corrected chi connectivity index (χ4v) is 1.05. The molecule has 3 heteroatoms. The molecule has 0 aromatic carbocycles. The number of ether oxygens (including phenoxy) is 2. The second kappa shape index (κ2) is 3.37. The van der Waals surface area contributed by atoms with Gasteiger partial charge in [0.2, 0.25) is 0 Å². The highest BCUT2D eigenvalue weighted by Crippen LogP contribution is 2.22. The molecule has 0 N–H and O–H groups in total. The molecule has 1 aliphatic rings. The summed E-state index contributed by atoms with van der Waals surface area (Å²) in [5.41, 5.74) is 0. The monoisotopic (exact) mass is 170 g/mol. The first-order chi connectivity index (χ1) is 5.49. The van der Waals surface area contributed by atoms with Crippen LogP contribution in [0.4, 0.5) is 0 Å². The summed E-state index contributed by atoms with van der Waals surface area (Å²) >= 11 is 0. The number of carbonyl (C=O) groups is 1. The minimum absolute atomic E-state index is 0.0308. The Kier molecular flexibility index (Phi) is 2.65. The highest BCUT2D eigenvalue weighted by Gasteiger charge is 2.30. The van der Waals surface area contributed by atoms with E-state index in [0.29, 0.717) is 6.61 Å². The van der Waals surface area contributed by atoms with Crippen molar-refractivity contribution in [1.82, 2.24) is 0 Å². The van der Waals surface area contributed by atoms with E-state index in [4.69, 9.17) is 9.47 Å². The van der Waals surface area contributed by atoms with E-state index in [1.807, 2.05) is 13.8 Å². The molecule has 0 saturated carbocycles. The average Bonchev–Trinajstić information content (AvgIpc) is 2.26. The quantitative estimate of drug-likeness (QED) is 0.586. The number of hydrogen-bond acceptors (Lipinski definition) is 3. The number of hydrogen-bond donors (Lipinski definition) is 0. The van der Waals surface area contributed by atoms with Crippen molar-refractivity contribution in [3.8, 4) is 0 Å². The molecule has 1 atom stereocenters. The molecule has 0 radical (unpaired) electrons. The van der Waals surface area contributed by atoms with E-state index in [2.05, 4.69) is 0 Å². The second-order valence-electron chi connectivity index (χ2n) is 3.34. The number of allylic oxidation sites excluding steroid dienone is 1. The van der Waals surface area contributed by atoms with Crippen molar-refractivity contribution >= 4 is 5.78 Å². The molecular formula is C9H14O3. The van der Waals surface area contributed by atoms with Crippen LogP contribution in [-0.4, -0.2) is 24.3 Å². The Balaban J connectivity index is 2.43. The van der Waals surface area contributed by atoms with Crippen molar-refractivity contribution in [3.63, 3.8) is 0 Å². The first-order valence-corrected chi connectivity index (χ1v) is 4.00. The van der Waals surface area contributed by atoms with E-state index in [-0.39, 0.29) is 11.9 Å². The average molecular weight is 170 g/mol. The van der Waals surface area contributed by atoms with E-state index in [1.165, 1.54) is 13.0 Å². The van der Waals surface area contributed by atoms with Crippen LogP contribution in [0.5, 0.6) is 0 Å². The lowest BCUT2D eigenvalue weighted by atomic mass is 10.3. The molecule has 1 aliphatic heterocycles. The van der Waals surface area contributed by atoms with Crippen molar-refractivity contribution in [2.45, 2.75) is 32.7 Å². The van der Waals surface area contributed by atoms with Gasteiger partial charge in [-0.1, -0.05) is 0 Å². The largest absolute Gasteiger partial charge is 0.347 e. The summed E-state index contributed by atoms with van der Waals surface area (Å²) in [4.78, 5) is 10.6. The predicted molar refractivity (Wildman–Crippen MR) is 44.7 cm³/mol. The SMILES string of the molecule is CC(=O)/C=C/[C@@H]1COC(C)(C)O1. The van der Waals surface area contributed by atoms with Crippen LogP contribution >= 0.6 is 0 Å². The molecule has 1 rings (SSSR count). The highest BCUT2D eigenvalue weighted by atomic mass is 16.7. The minimum atomic E-state index is -0.508. The Morgan fingerprint density at radius 3 is 2.67 bits per heavy atom. The molecule has 0 spiro atoms. The molecule has 1 saturated heterocycles. The summed E-state index contributed by atoms with van der Waals surface area (Å²) in [6.07, 6.45) is 3.16. The Hall–Kier alpha value is -0.670. The Morgan fingerprint density at radius 1 is 1.58 bits per heavy atom. The summed E-state index contributed by atoms with van der Waals surface area (Å²) in [6.45, 7) is 5.75. The van der Waals surface area contributed by atoms with Crippen molar-refractivity contribution in [1.29, 1.82) is 0 Å². The van der Waals surface area contributed by atoms with Gasteiger partial charge in [0.1, 0.15) is 6.10 Å². The van der Waals surface area contributed by atoms with Crippen LogP contribution in [0.2, 0.25) is 0 Å². The maximum atomic E-state index is 10.6. The first kappa shape index (κ1) is 9.42. The van der Waals surface area contributed by atoms with E-state index >= 15 is 0 Å². The first-order valence-electron chi connectivity index (χ1n) is 4.00. The van der Waals surface area contributed by atoms with E-state index in [1.54, 1.807) is 6.08 Å². The van der Waals surface area contributed by atoms with Crippen molar-refractivity contribution in [2.24, 2.45) is 0 Å². The summed E-state index contributed by atoms with van der Waals surface area (Å²) in [7, 11) is 0. The fraction of sp³-hybridized carbons (Fsp3) is 0.667. The van der Waals surface area contributed by atoms with E-state index in [0.717, 1.165) is 0 Å². The van der Waals surface area contributed by atoms with Gasteiger partial charge in [-0.2, -0.15) is 0 Å². The lowest BCUT2D eigenvalue weighted by Gasteiger charge is -2.15. The molecule has 1 heterocycles. The van der Waals surface area contributed by atoms with Crippen LogP contribution in [0.25, 0.3) is 0 Å². The van der Waals surface area contributed by atoms with Crippen LogP contribution in [0.1, 0.15) is 20.8 Å². The van der Waals surface area contributed by atoms with Gasteiger partial charge in [0.05, 0.1) is 6.61 Å². The van der Waals surface area contributed by atoms with Gasteiger partial charge in [0.25, 0.3) is 0 Å². The highest BCUT2D eigenvalue weighted by molar-refractivity contribution is 5.87. The van der Waals surface area contributed by atoms with Crippen LogP contribution < -0.4 is 0 Å². The summed E-state index contributed by atoms with van der Waals surface area (Å²) in [5.74, 6) is -0.477. The third-order valence-electron chi connectivity index (χ3n) is 1.58. The van der Waals surface area contributed by atoms with Gasteiger partial charge in [-0.05, 0) is 32.9 Å². The zero-order valence-electron chi connectivity index (χ0n) is 7.66. The summed E-state index contributed by atoms with van der Waals surface area (Å²) < 4.78 is 10.7. The van der Waals surface area contributed by atoms with Gasteiger partial charge >= 0.3 is 0 Å². The third-order valence-corrected chi connectivity index (χ3v) is 1.58. The molecule has 0 aromatic rings. The van der Waals surface area contributed by atoms with Gasteiger partial charge in [-0.15, -0.1) is 0 Å². The Labute approximate surface area is 72.4 Å². The second-order valence-corrected chi connectivity index (χ2v) is 3.34. The molecule has 68 valence electrons. The summed E-state index contributed by atoms with van der Waals surface area (Å²) in [6, 6.07) is 0. The molecule has 12 heavy (non-hydrogen) atoms. The van der Waals surface area contributed by atoms with Crippen LogP contribution in [0.3, 0.4) is 0 Å². The predicted octanol–water partition coefficient (Wildman–Crippen LogP) is 1.28. The number of ketones is 1. The van der Waals surface area contributed by atoms with Crippen molar-refractivity contribution < 1.29 is 14.3 Å². The van der Waals surface area contributed by atoms with Crippen LogP contribution in [0.15, 0.2) is 12.2 Å². The van der Waals surface area contributed by atoms with E-state index in [9.17, 15) is 4.79 Å². The Bertz CT molecular complexity index is 206. The minimum Gasteiger partial charge on any atom is -0.347 e.